The van der Waals surface area contributed by atoms with Crippen molar-refractivity contribution in [2.45, 2.75) is 13.5 Å². The van der Waals surface area contributed by atoms with E-state index in [4.69, 9.17) is 11.6 Å². The second kappa shape index (κ2) is 6.94. The fourth-order valence-corrected chi connectivity index (χ4v) is 3.11. The largest absolute Gasteiger partial charge is 0.303 e. The molecule has 5 heteroatoms. The van der Waals surface area contributed by atoms with Gasteiger partial charge in [0.25, 0.3) is 5.91 Å². The minimum Gasteiger partial charge on any atom is -0.303 e. The molecule has 0 radical (unpaired) electrons. The highest BCUT2D eigenvalue weighted by Crippen LogP contribution is 2.22. The number of benzene rings is 2. The fourth-order valence-electron chi connectivity index (χ4n) is 2.31. The predicted molar refractivity (Wildman–Crippen MR) is 95.3 cm³/mol. The van der Waals surface area contributed by atoms with Crippen molar-refractivity contribution >= 4 is 34.5 Å². The van der Waals surface area contributed by atoms with Gasteiger partial charge in [0.1, 0.15) is 5.69 Å². The molecular formula is C18H15ClN2OS. The molecule has 3 nitrogen and oxygen atoms in total. The lowest BCUT2D eigenvalue weighted by molar-refractivity contribution is 0.0981. The van der Waals surface area contributed by atoms with Crippen molar-refractivity contribution < 1.29 is 4.79 Å². The van der Waals surface area contributed by atoms with Crippen LogP contribution in [0.1, 0.15) is 21.1 Å². The maximum Gasteiger partial charge on any atom is 0.278 e. The SMILES string of the molecule is Cc1nc(C(=O)N(Cc2cccc(Cl)c2)c2ccccc2)cs1. The molecule has 0 saturated heterocycles. The zero-order valence-corrected chi connectivity index (χ0v) is 14.1. The summed E-state index contributed by atoms with van der Waals surface area (Å²) < 4.78 is 0. The first-order valence-electron chi connectivity index (χ1n) is 7.17. The van der Waals surface area contributed by atoms with Crippen molar-refractivity contribution in [2.24, 2.45) is 0 Å². The Morgan fingerprint density at radius 1 is 1.17 bits per heavy atom. The number of thiazole rings is 1. The van der Waals surface area contributed by atoms with Crippen LogP contribution in [0.2, 0.25) is 5.02 Å². The van der Waals surface area contributed by atoms with E-state index in [-0.39, 0.29) is 5.91 Å². The summed E-state index contributed by atoms with van der Waals surface area (Å²) in [5.74, 6) is -0.111. The van der Waals surface area contributed by atoms with Crippen molar-refractivity contribution in [1.82, 2.24) is 4.98 Å². The smallest absolute Gasteiger partial charge is 0.278 e. The van der Waals surface area contributed by atoms with Gasteiger partial charge in [-0.25, -0.2) is 4.98 Å². The number of aryl methyl sites for hydroxylation is 1. The molecule has 3 aromatic rings. The highest BCUT2D eigenvalue weighted by atomic mass is 35.5. The third-order valence-corrected chi connectivity index (χ3v) is 4.39. The molecule has 0 aliphatic heterocycles. The highest BCUT2D eigenvalue weighted by molar-refractivity contribution is 7.09. The van der Waals surface area contributed by atoms with Gasteiger partial charge in [0.15, 0.2) is 0 Å². The van der Waals surface area contributed by atoms with Gasteiger partial charge in [0.05, 0.1) is 11.6 Å². The van der Waals surface area contributed by atoms with Crippen LogP contribution in [0.15, 0.2) is 60.0 Å². The van der Waals surface area contributed by atoms with Gasteiger partial charge in [-0.1, -0.05) is 41.9 Å². The number of hydrogen-bond donors (Lipinski definition) is 0. The van der Waals surface area contributed by atoms with Crippen molar-refractivity contribution in [1.29, 1.82) is 0 Å². The molecular weight excluding hydrogens is 328 g/mol. The van der Waals surface area contributed by atoms with Crippen LogP contribution in [0.5, 0.6) is 0 Å². The highest BCUT2D eigenvalue weighted by Gasteiger charge is 2.20. The molecule has 23 heavy (non-hydrogen) atoms. The van der Waals surface area contributed by atoms with E-state index in [1.807, 2.05) is 61.5 Å². The van der Waals surface area contributed by atoms with Crippen LogP contribution in [0.3, 0.4) is 0 Å². The zero-order chi connectivity index (χ0) is 16.2. The maximum absolute atomic E-state index is 12.9. The summed E-state index contributed by atoms with van der Waals surface area (Å²) in [6.07, 6.45) is 0. The number of amides is 1. The molecule has 3 rings (SSSR count). The standard InChI is InChI=1S/C18H15ClN2OS/c1-13-20-17(12-23-13)18(22)21(16-8-3-2-4-9-16)11-14-6-5-7-15(19)10-14/h2-10,12H,11H2,1H3. The van der Waals surface area contributed by atoms with Crippen LogP contribution in [0.25, 0.3) is 0 Å². The molecule has 0 atom stereocenters. The molecule has 1 amide bonds. The number of hydrogen-bond acceptors (Lipinski definition) is 3. The van der Waals surface area contributed by atoms with Gasteiger partial charge in [-0.05, 0) is 36.8 Å². The summed E-state index contributed by atoms with van der Waals surface area (Å²) in [7, 11) is 0. The van der Waals surface area contributed by atoms with Crippen molar-refractivity contribution in [3.63, 3.8) is 0 Å². The van der Waals surface area contributed by atoms with Gasteiger partial charge in [-0.15, -0.1) is 11.3 Å². The predicted octanol–water partition coefficient (Wildman–Crippen LogP) is 4.95. The summed E-state index contributed by atoms with van der Waals surface area (Å²) in [5, 5.41) is 3.34. The van der Waals surface area contributed by atoms with E-state index in [0.29, 0.717) is 17.3 Å². The summed E-state index contributed by atoms with van der Waals surface area (Å²) in [5.41, 5.74) is 2.28. The lowest BCUT2D eigenvalue weighted by Crippen LogP contribution is -2.30. The first kappa shape index (κ1) is 15.7. The number of aromatic nitrogens is 1. The molecule has 0 N–H and O–H groups in total. The third kappa shape index (κ3) is 3.78. The van der Waals surface area contributed by atoms with E-state index in [9.17, 15) is 4.79 Å². The Morgan fingerprint density at radius 3 is 2.61 bits per heavy atom. The van der Waals surface area contributed by atoms with Crippen molar-refractivity contribution in [2.75, 3.05) is 4.90 Å². The van der Waals surface area contributed by atoms with E-state index in [2.05, 4.69) is 4.98 Å². The Hall–Kier alpha value is -2.17. The monoisotopic (exact) mass is 342 g/mol. The number of carbonyl (C=O) groups excluding carboxylic acids is 1. The van der Waals surface area contributed by atoms with Crippen molar-refractivity contribution in [3.05, 3.63) is 81.3 Å². The van der Waals surface area contributed by atoms with Crippen LogP contribution in [-0.2, 0) is 6.54 Å². The number of para-hydroxylation sites is 1. The Labute approximate surface area is 144 Å². The normalized spacial score (nSPS) is 10.5. The van der Waals surface area contributed by atoms with Gasteiger partial charge in [0, 0.05) is 16.1 Å². The quantitative estimate of drug-likeness (QED) is 0.672. The number of rotatable bonds is 4. The van der Waals surface area contributed by atoms with E-state index >= 15 is 0 Å². The topological polar surface area (TPSA) is 33.2 Å². The molecule has 0 bridgehead atoms. The third-order valence-electron chi connectivity index (χ3n) is 3.38. The number of anilines is 1. The zero-order valence-electron chi connectivity index (χ0n) is 12.6. The second-order valence-corrected chi connectivity index (χ2v) is 6.61. The molecule has 0 aliphatic rings. The molecule has 0 aliphatic carbocycles. The van der Waals surface area contributed by atoms with Gasteiger partial charge >= 0.3 is 0 Å². The first-order chi connectivity index (χ1) is 11.1. The van der Waals surface area contributed by atoms with Gasteiger partial charge in [-0.3, -0.25) is 4.79 Å². The summed E-state index contributed by atoms with van der Waals surface area (Å²) in [6, 6.07) is 17.1. The summed E-state index contributed by atoms with van der Waals surface area (Å²) >= 11 is 7.53. The van der Waals surface area contributed by atoms with Crippen LogP contribution in [0, 0.1) is 6.92 Å². The molecule has 116 valence electrons. The lowest BCUT2D eigenvalue weighted by atomic mass is 10.2. The number of halogens is 1. The van der Waals surface area contributed by atoms with Gasteiger partial charge in [-0.2, -0.15) is 0 Å². The molecule has 0 fully saturated rings. The maximum atomic E-state index is 12.9. The van der Waals surface area contributed by atoms with Gasteiger partial charge < -0.3 is 4.90 Å². The lowest BCUT2D eigenvalue weighted by Gasteiger charge is -2.22. The molecule has 1 heterocycles. The van der Waals surface area contributed by atoms with E-state index in [0.717, 1.165) is 16.3 Å². The molecule has 2 aromatic carbocycles. The van der Waals surface area contributed by atoms with Crippen LogP contribution in [-0.4, -0.2) is 10.9 Å². The van der Waals surface area contributed by atoms with Gasteiger partial charge in [0.2, 0.25) is 0 Å². The fraction of sp³-hybridized carbons (Fsp3) is 0.111. The summed E-state index contributed by atoms with van der Waals surface area (Å²) in [4.78, 5) is 18.9. The molecule has 0 unspecified atom stereocenters. The second-order valence-electron chi connectivity index (χ2n) is 5.11. The van der Waals surface area contributed by atoms with Crippen LogP contribution < -0.4 is 4.90 Å². The Bertz CT molecular complexity index is 817. The van der Waals surface area contributed by atoms with Crippen LogP contribution >= 0.6 is 22.9 Å². The Morgan fingerprint density at radius 2 is 1.96 bits per heavy atom. The average molecular weight is 343 g/mol. The number of carbonyl (C=O) groups is 1. The average Bonchev–Trinajstić information content (AvgIpc) is 2.99. The van der Waals surface area contributed by atoms with Crippen molar-refractivity contribution in [3.8, 4) is 0 Å². The van der Waals surface area contributed by atoms with Crippen LogP contribution in [0.4, 0.5) is 5.69 Å². The van der Waals surface area contributed by atoms with E-state index in [1.165, 1.54) is 11.3 Å². The first-order valence-corrected chi connectivity index (χ1v) is 8.43. The minimum absolute atomic E-state index is 0.111. The Balaban J connectivity index is 1.95. The Kier molecular flexibility index (Phi) is 4.74. The molecule has 0 spiro atoms. The minimum atomic E-state index is -0.111. The molecule has 0 saturated carbocycles. The summed E-state index contributed by atoms with van der Waals surface area (Å²) in [6.45, 7) is 2.34. The molecule has 1 aromatic heterocycles. The van der Waals surface area contributed by atoms with E-state index < -0.39 is 0 Å². The van der Waals surface area contributed by atoms with E-state index in [1.54, 1.807) is 10.3 Å². The number of nitrogens with zero attached hydrogens (tertiary/aromatic N) is 2.